The lowest BCUT2D eigenvalue weighted by molar-refractivity contribution is -0.129. The maximum absolute atomic E-state index is 13.3. The number of halogens is 1. The lowest BCUT2D eigenvalue weighted by Gasteiger charge is -2.31. The highest BCUT2D eigenvalue weighted by Crippen LogP contribution is 2.32. The first-order valence-corrected chi connectivity index (χ1v) is 13.1. The summed E-state index contributed by atoms with van der Waals surface area (Å²) in [5.74, 6) is 1.40. The second-order valence-corrected chi connectivity index (χ2v) is 10.0. The van der Waals surface area contributed by atoms with Crippen molar-refractivity contribution in [1.82, 2.24) is 9.88 Å². The van der Waals surface area contributed by atoms with Crippen molar-refractivity contribution in [3.8, 4) is 11.1 Å². The normalized spacial score (nSPS) is 14.3. The van der Waals surface area contributed by atoms with Gasteiger partial charge in [-0.3, -0.25) is 9.59 Å². The number of piperidine rings is 1. The molecule has 2 aromatic carbocycles. The van der Waals surface area contributed by atoms with Gasteiger partial charge in [-0.1, -0.05) is 37.3 Å². The van der Waals surface area contributed by atoms with Gasteiger partial charge < -0.3 is 10.2 Å². The smallest absolute Gasteiger partial charge is 0.275 e. The van der Waals surface area contributed by atoms with Gasteiger partial charge in [0.25, 0.3) is 5.91 Å². The average Bonchev–Trinajstić information content (AvgIpc) is 3.34. The third kappa shape index (κ3) is 5.81. The summed E-state index contributed by atoms with van der Waals surface area (Å²) in [6.45, 7) is 3.53. The van der Waals surface area contributed by atoms with Crippen molar-refractivity contribution < 1.29 is 14.0 Å². The Morgan fingerprint density at radius 3 is 2.61 bits per heavy atom. The summed E-state index contributed by atoms with van der Waals surface area (Å²) >= 11 is 3.15. The number of anilines is 1. The van der Waals surface area contributed by atoms with Gasteiger partial charge >= 0.3 is 0 Å². The van der Waals surface area contributed by atoms with Crippen molar-refractivity contribution >= 4 is 40.6 Å². The molecule has 0 radical (unpaired) electrons. The zero-order valence-electron chi connectivity index (χ0n) is 18.4. The number of carbonyl (C=O) groups excluding carboxylic acids is 2. The lowest BCUT2D eigenvalue weighted by Crippen LogP contribution is -2.39. The van der Waals surface area contributed by atoms with Crippen molar-refractivity contribution in [2.45, 2.75) is 25.7 Å². The number of rotatable bonds is 7. The molecule has 1 fully saturated rings. The molecule has 3 aromatic rings. The van der Waals surface area contributed by atoms with Crippen LogP contribution in [0.2, 0.25) is 0 Å². The lowest BCUT2D eigenvalue weighted by atomic mass is 9.97. The number of hydrogen-bond donors (Lipinski definition) is 1. The van der Waals surface area contributed by atoms with Crippen LogP contribution in [0.1, 0.15) is 41.2 Å². The maximum atomic E-state index is 13.3. The SMILES string of the molecule is CCSCC(=O)N1CCC(c2nc(C(=O)Nc3ccccc3-c3ccc(F)cc3)cs2)CC1. The number of thiazole rings is 1. The van der Waals surface area contributed by atoms with Crippen LogP contribution >= 0.6 is 23.1 Å². The summed E-state index contributed by atoms with van der Waals surface area (Å²) in [5, 5.41) is 5.69. The number of thioether (sulfide) groups is 1. The summed E-state index contributed by atoms with van der Waals surface area (Å²) in [4.78, 5) is 31.7. The minimum Gasteiger partial charge on any atom is -0.342 e. The van der Waals surface area contributed by atoms with Gasteiger partial charge in [-0.25, -0.2) is 9.37 Å². The zero-order valence-corrected chi connectivity index (χ0v) is 20.1. The molecule has 172 valence electrons. The Morgan fingerprint density at radius 2 is 1.88 bits per heavy atom. The van der Waals surface area contributed by atoms with E-state index in [9.17, 15) is 14.0 Å². The fourth-order valence-electron chi connectivity index (χ4n) is 3.90. The molecule has 1 aromatic heterocycles. The van der Waals surface area contributed by atoms with Crippen LogP contribution < -0.4 is 5.32 Å². The van der Waals surface area contributed by atoms with Crippen molar-refractivity contribution in [1.29, 1.82) is 0 Å². The predicted molar refractivity (Wildman–Crippen MR) is 133 cm³/mol. The van der Waals surface area contributed by atoms with E-state index in [1.54, 1.807) is 29.3 Å². The second-order valence-electron chi connectivity index (χ2n) is 7.87. The van der Waals surface area contributed by atoms with E-state index in [-0.39, 0.29) is 23.5 Å². The fraction of sp³-hybridized carbons (Fsp3) is 0.320. The molecule has 1 aliphatic rings. The highest BCUT2D eigenvalue weighted by atomic mass is 32.2. The largest absolute Gasteiger partial charge is 0.342 e. The monoisotopic (exact) mass is 483 g/mol. The first-order chi connectivity index (χ1) is 16.0. The van der Waals surface area contributed by atoms with Gasteiger partial charge in [0.2, 0.25) is 5.91 Å². The Balaban J connectivity index is 1.40. The highest BCUT2D eigenvalue weighted by molar-refractivity contribution is 7.99. The van der Waals surface area contributed by atoms with E-state index in [4.69, 9.17) is 0 Å². The van der Waals surface area contributed by atoms with Crippen molar-refractivity contribution in [2.75, 3.05) is 29.9 Å². The molecule has 0 unspecified atom stereocenters. The Hall–Kier alpha value is -2.71. The molecular weight excluding hydrogens is 457 g/mol. The summed E-state index contributed by atoms with van der Waals surface area (Å²) in [7, 11) is 0. The minimum absolute atomic E-state index is 0.208. The molecule has 0 atom stereocenters. The van der Waals surface area contributed by atoms with Crippen LogP contribution in [-0.4, -0.2) is 46.3 Å². The summed E-state index contributed by atoms with van der Waals surface area (Å²) in [5.41, 5.74) is 2.69. The summed E-state index contributed by atoms with van der Waals surface area (Å²) in [6, 6.07) is 13.6. The number of para-hydroxylation sites is 1. The summed E-state index contributed by atoms with van der Waals surface area (Å²) in [6.07, 6.45) is 1.73. The van der Waals surface area contributed by atoms with E-state index in [1.807, 2.05) is 29.2 Å². The van der Waals surface area contributed by atoms with Crippen LogP contribution in [0.25, 0.3) is 11.1 Å². The molecule has 2 heterocycles. The first kappa shape index (κ1) is 23.4. The highest BCUT2D eigenvalue weighted by Gasteiger charge is 2.26. The quantitative estimate of drug-likeness (QED) is 0.471. The van der Waals surface area contributed by atoms with Gasteiger partial charge in [0, 0.05) is 35.6 Å². The third-order valence-electron chi connectivity index (χ3n) is 5.71. The average molecular weight is 484 g/mol. The van der Waals surface area contributed by atoms with Crippen LogP contribution in [0.15, 0.2) is 53.9 Å². The first-order valence-electron chi connectivity index (χ1n) is 11.0. The molecule has 2 amide bonds. The zero-order chi connectivity index (χ0) is 23.2. The molecule has 1 N–H and O–H groups in total. The van der Waals surface area contributed by atoms with Gasteiger partial charge in [-0.15, -0.1) is 11.3 Å². The van der Waals surface area contributed by atoms with Gasteiger partial charge in [0.15, 0.2) is 0 Å². The third-order valence-corrected chi connectivity index (χ3v) is 7.58. The van der Waals surface area contributed by atoms with Crippen LogP contribution in [0.5, 0.6) is 0 Å². The number of hydrogen-bond acceptors (Lipinski definition) is 5. The molecule has 0 saturated carbocycles. The van der Waals surface area contributed by atoms with Crippen molar-refractivity contribution in [3.63, 3.8) is 0 Å². The molecule has 0 spiro atoms. The molecule has 8 heteroatoms. The van der Waals surface area contributed by atoms with Crippen molar-refractivity contribution in [2.24, 2.45) is 0 Å². The molecule has 0 aliphatic carbocycles. The molecule has 33 heavy (non-hydrogen) atoms. The molecule has 0 bridgehead atoms. The number of benzene rings is 2. The summed E-state index contributed by atoms with van der Waals surface area (Å²) < 4.78 is 13.3. The van der Waals surface area contributed by atoms with Gasteiger partial charge in [-0.05, 0) is 42.4 Å². The van der Waals surface area contributed by atoms with Crippen molar-refractivity contribution in [3.05, 3.63) is 70.4 Å². The number of nitrogens with zero attached hydrogens (tertiary/aromatic N) is 2. The van der Waals surface area contributed by atoms with E-state index in [2.05, 4.69) is 17.2 Å². The number of nitrogens with one attached hydrogen (secondary N) is 1. The van der Waals surface area contributed by atoms with Crippen LogP contribution in [0.3, 0.4) is 0 Å². The fourth-order valence-corrected chi connectivity index (χ4v) is 5.43. The Bertz CT molecular complexity index is 1110. The Labute approximate surface area is 201 Å². The second kappa shape index (κ2) is 10.9. The molecule has 5 nitrogen and oxygen atoms in total. The maximum Gasteiger partial charge on any atom is 0.275 e. The van der Waals surface area contributed by atoms with Crippen LogP contribution in [0, 0.1) is 5.82 Å². The predicted octanol–water partition coefficient (Wildman–Crippen LogP) is 5.66. The topological polar surface area (TPSA) is 62.3 Å². The number of aromatic nitrogens is 1. The molecule has 1 aliphatic heterocycles. The Morgan fingerprint density at radius 1 is 1.15 bits per heavy atom. The van der Waals surface area contributed by atoms with Crippen LogP contribution in [0.4, 0.5) is 10.1 Å². The van der Waals surface area contributed by atoms with E-state index < -0.39 is 0 Å². The minimum atomic E-state index is -0.301. The van der Waals surface area contributed by atoms with E-state index in [0.717, 1.165) is 47.8 Å². The standard InChI is InChI=1S/C25H26FN3O2S2/c1-2-32-16-23(30)29-13-11-18(12-14-29)25-28-22(15-33-25)24(31)27-21-6-4-3-5-20(21)17-7-9-19(26)10-8-17/h3-10,15,18H,2,11-14,16H2,1H3,(H,27,31). The van der Waals surface area contributed by atoms with Crippen LogP contribution in [-0.2, 0) is 4.79 Å². The van der Waals surface area contributed by atoms with E-state index >= 15 is 0 Å². The van der Waals surface area contributed by atoms with Gasteiger partial charge in [-0.2, -0.15) is 11.8 Å². The number of carbonyl (C=O) groups is 2. The molecular formula is C25H26FN3O2S2. The number of amides is 2. The Kier molecular flexibility index (Phi) is 7.77. The molecule has 1 saturated heterocycles. The van der Waals surface area contributed by atoms with E-state index in [0.29, 0.717) is 17.1 Å². The molecule has 4 rings (SSSR count). The van der Waals surface area contributed by atoms with Gasteiger partial charge in [0.05, 0.1) is 10.8 Å². The number of likely N-dealkylation sites (tertiary alicyclic amines) is 1. The van der Waals surface area contributed by atoms with E-state index in [1.165, 1.54) is 23.5 Å². The van der Waals surface area contributed by atoms with Gasteiger partial charge in [0.1, 0.15) is 11.5 Å².